The molecule has 146 valence electrons. The fourth-order valence-corrected chi connectivity index (χ4v) is 3.92. The minimum Gasteiger partial charge on any atom is -0.462 e. The average Bonchev–Trinajstić information content (AvgIpc) is 3.17. The molecule has 1 amide bonds. The highest BCUT2D eigenvalue weighted by Crippen LogP contribution is 2.29. The van der Waals surface area contributed by atoms with Gasteiger partial charge >= 0.3 is 5.97 Å². The van der Waals surface area contributed by atoms with E-state index in [9.17, 15) is 9.59 Å². The number of rotatable bonds is 5. The van der Waals surface area contributed by atoms with Crippen molar-refractivity contribution in [1.29, 1.82) is 0 Å². The largest absolute Gasteiger partial charge is 0.462 e. The summed E-state index contributed by atoms with van der Waals surface area (Å²) in [5.41, 5.74) is 2.67. The van der Waals surface area contributed by atoms with Crippen molar-refractivity contribution in [3.63, 3.8) is 0 Å². The lowest BCUT2D eigenvalue weighted by molar-refractivity contribution is 0.0526. The molecule has 29 heavy (non-hydrogen) atoms. The SMILES string of the molecule is CCOC(=O)c1cnc2c(C(=O)N(OC)c3ccc4ncccc4c3)csc2c1. The molecule has 0 atom stereocenters. The summed E-state index contributed by atoms with van der Waals surface area (Å²) in [5.74, 6) is -0.787. The third kappa shape index (κ3) is 3.55. The molecule has 0 aliphatic rings. The van der Waals surface area contributed by atoms with Gasteiger partial charge in [-0.2, -0.15) is 5.06 Å². The van der Waals surface area contributed by atoms with Gasteiger partial charge in [0.25, 0.3) is 5.91 Å². The Morgan fingerprint density at radius 2 is 2.03 bits per heavy atom. The van der Waals surface area contributed by atoms with Gasteiger partial charge in [0, 0.05) is 23.2 Å². The van der Waals surface area contributed by atoms with E-state index in [4.69, 9.17) is 9.57 Å². The molecule has 0 aliphatic carbocycles. The lowest BCUT2D eigenvalue weighted by Gasteiger charge is -2.19. The maximum absolute atomic E-state index is 13.2. The monoisotopic (exact) mass is 407 g/mol. The number of benzene rings is 1. The summed E-state index contributed by atoms with van der Waals surface area (Å²) < 4.78 is 5.73. The molecule has 4 rings (SSSR count). The summed E-state index contributed by atoms with van der Waals surface area (Å²) in [6.07, 6.45) is 3.14. The molecule has 3 aromatic heterocycles. The van der Waals surface area contributed by atoms with Crippen molar-refractivity contribution in [2.75, 3.05) is 18.8 Å². The molecular weight excluding hydrogens is 390 g/mol. The van der Waals surface area contributed by atoms with Gasteiger partial charge < -0.3 is 4.74 Å². The Bertz CT molecular complexity index is 1220. The van der Waals surface area contributed by atoms with Crippen LogP contribution in [0.2, 0.25) is 0 Å². The predicted molar refractivity (Wildman–Crippen MR) is 111 cm³/mol. The molecule has 7 nitrogen and oxygen atoms in total. The van der Waals surface area contributed by atoms with Gasteiger partial charge in [0.15, 0.2) is 0 Å². The van der Waals surface area contributed by atoms with E-state index in [2.05, 4.69) is 9.97 Å². The molecule has 0 saturated heterocycles. The summed E-state index contributed by atoms with van der Waals surface area (Å²) in [4.78, 5) is 39.1. The first-order valence-electron chi connectivity index (χ1n) is 8.90. The fourth-order valence-electron chi connectivity index (χ4n) is 3.00. The highest BCUT2D eigenvalue weighted by molar-refractivity contribution is 7.17. The number of hydrogen-bond donors (Lipinski definition) is 0. The van der Waals surface area contributed by atoms with Crippen LogP contribution < -0.4 is 5.06 Å². The molecule has 8 heteroatoms. The standard InChI is InChI=1S/C21H17N3O4S/c1-3-28-21(26)14-10-18-19(23-11-14)16(12-29-18)20(25)24(27-2)15-6-7-17-13(9-15)5-4-8-22-17/h4-12H,3H2,1-2H3. The first-order chi connectivity index (χ1) is 14.1. The van der Waals surface area contributed by atoms with E-state index in [1.54, 1.807) is 30.6 Å². The number of amides is 1. The number of carbonyl (C=O) groups is 2. The van der Waals surface area contributed by atoms with Crippen LogP contribution in [0.25, 0.3) is 21.1 Å². The molecule has 0 aliphatic heterocycles. The molecule has 3 heterocycles. The maximum Gasteiger partial charge on any atom is 0.339 e. The van der Waals surface area contributed by atoms with Gasteiger partial charge in [-0.3, -0.25) is 19.6 Å². The number of fused-ring (bicyclic) bond motifs is 2. The van der Waals surface area contributed by atoms with Crippen LogP contribution in [0, 0.1) is 0 Å². The van der Waals surface area contributed by atoms with E-state index >= 15 is 0 Å². The lowest BCUT2D eigenvalue weighted by Crippen LogP contribution is -2.29. The lowest BCUT2D eigenvalue weighted by atomic mass is 10.1. The smallest absolute Gasteiger partial charge is 0.339 e. The van der Waals surface area contributed by atoms with E-state index in [1.807, 2.05) is 24.3 Å². The van der Waals surface area contributed by atoms with Crippen LogP contribution in [-0.2, 0) is 9.57 Å². The van der Waals surface area contributed by atoms with Crippen LogP contribution in [-0.4, -0.2) is 35.6 Å². The number of anilines is 1. The number of thiophene rings is 1. The highest BCUT2D eigenvalue weighted by Gasteiger charge is 2.23. The van der Waals surface area contributed by atoms with Gasteiger partial charge in [-0.15, -0.1) is 11.3 Å². The second kappa shape index (κ2) is 7.94. The number of hydroxylamine groups is 1. The van der Waals surface area contributed by atoms with Gasteiger partial charge in [-0.25, -0.2) is 4.79 Å². The minimum atomic E-state index is -0.438. The molecule has 0 radical (unpaired) electrons. The number of nitrogens with zero attached hydrogens (tertiary/aromatic N) is 3. The average molecular weight is 407 g/mol. The Balaban J connectivity index is 1.69. The van der Waals surface area contributed by atoms with E-state index in [0.717, 1.165) is 15.6 Å². The first kappa shape index (κ1) is 19.0. The summed E-state index contributed by atoms with van der Waals surface area (Å²) in [6, 6.07) is 10.9. The summed E-state index contributed by atoms with van der Waals surface area (Å²) in [7, 11) is 1.44. The third-order valence-electron chi connectivity index (χ3n) is 4.34. The van der Waals surface area contributed by atoms with Gasteiger partial charge in [-0.1, -0.05) is 6.07 Å². The number of esters is 1. The zero-order valence-corrected chi connectivity index (χ0v) is 16.6. The summed E-state index contributed by atoms with van der Waals surface area (Å²) >= 11 is 1.33. The Labute approximate surface area is 170 Å². The number of hydrogen-bond acceptors (Lipinski definition) is 7. The highest BCUT2D eigenvalue weighted by atomic mass is 32.1. The zero-order valence-electron chi connectivity index (χ0n) is 15.8. The molecule has 0 unspecified atom stereocenters. The van der Waals surface area contributed by atoms with Gasteiger partial charge in [0.05, 0.1) is 46.3 Å². The first-order valence-corrected chi connectivity index (χ1v) is 9.78. The van der Waals surface area contributed by atoms with Crippen molar-refractivity contribution in [2.24, 2.45) is 0 Å². The van der Waals surface area contributed by atoms with Crippen molar-refractivity contribution in [1.82, 2.24) is 9.97 Å². The molecule has 4 aromatic rings. The van der Waals surface area contributed by atoms with Crippen molar-refractivity contribution in [3.8, 4) is 0 Å². The number of aromatic nitrogens is 2. The second-order valence-electron chi connectivity index (χ2n) is 6.10. The Kier molecular flexibility index (Phi) is 5.20. The fraction of sp³-hybridized carbons (Fsp3) is 0.143. The summed E-state index contributed by atoms with van der Waals surface area (Å²) in [6.45, 7) is 2.03. The molecule has 0 saturated carbocycles. The normalized spacial score (nSPS) is 11.0. The Morgan fingerprint density at radius 3 is 2.83 bits per heavy atom. The number of pyridine rings is 2. The van der Waals surface area contributed by atoms with E-state index in [-0.39, 0.29) is 12.5 Å². The van der Waals surface area contributed by atoms with Crippen LogP contribution in [0.1, 0.15) is 27.6 Å². The molecule has 0 bridgehead atoms. The minimum absolute atomic E-state index is 0.287. The van der Waals surface area contributed by atoms with Crippen LogP contribution in [0.4, 0.5) is 5.69 Å². The van der Waals surface area contributed by atoms with Crippen LogP contribution in [0.5, 0.6) is 0 Å². The van der Waals surface area contributed by atoms with Crippen LogP contribution in [0.15, 0.2) is 54.2 Å². The van der Waals surface area contributed by atoms with Gasteiger partial charge in [-0.05, 0) is 37.3 Å². The van der Waals surface area contributed by atoms with Gasteiger partial charge in [0.1, 0.15) is 0 Å². The molecule has 0 fully saturated rings. The van der Waals surface area contributed by atoms with Crippen LogP contribution >= 0.6 is 11.3 Å². The van der Waals surface area contributed by atoms with Crippen molar-refractivity contribution < 1.29 is 19.2 Å². The molecule has 1 aromatic carbocycles. The Hall–Kier alpha value is -3.36. The quantitative estimate of drug-likeness (QED) is 0.364. The molecule has 0 N–H and O–H groups in total. The number of ether oxygens (including phenoxy) is 1. The number of carbonyl (C=O) groups excluding carboxylic acids is 2. The van der Waals surface area contributed by atoms with Crippen molar-refractivity contribution >= 4 is 50.0 Å². The Morgan fingerprint density at radius 1 is 1.17 bits per heavy atom. The molecule has 0 spiro atoms. The van der Waals surface area contributed by atoms with Crippen LogP contribution in [0.3, 0.4) is 0 Å². The molecular formula is C21H17N3O4S. The predicted octanol–water partition coefficient (Wildman–Crippen LogP) is 4.23. The van der Waals surface area contributed by atoms with E-state index in [1.165, 1.54) is 29.7 Å². The topological polar surface area (TPSA) is 81.6 Å². The van der Waals surface area contributed by atoms with E-state index < -0.39 is 5.97 Å². The zero-order chi connectivity index (χ0) is 20.4. The maximum atomic E-state index is 13.2. The van der Waals surface area contributed by atoms with E-state index in [0.29, 0.717) is 22.3 Å². The van der Waals surface area contributed by atoms with Gasteiger partial charge in [0.2, 0.25) is 0 Å². The van der Waals surface area contributed by atoms with Crippen molar-refractivity contribution in [3.05, 3.63) is 65.3 Å². The van der Waals surface area contributed by atoms with Crippen molar-refractivity contribution in [2.45, 2.75) is 6.92 Å². The summed E-state index contributed by atoms with van der Waals surface area (Å²) in [5, 5.41) is 3.82. The second-order valence-corrected chi connectivity index (χ2v) is 7.01. The third-order valence-corrected chi connectivity index (χ3v) is 5.26.